The molecular formula is C12H17NO3S. The van der Waals surface area contributed by atoms with Gasteiger partial charge in [-0.15, -0.1) is 0 Å². The van der Waals surface area contributed by atoms with Gasteiger partial charge in [0, 0.05) is 5.69 Å². The van der Waals surface area contributed by atoms with E-state index in [1.54, 1.807) is 0 Å². The normalized spacial score (nSPS) is 26.9. The average Bonchev–Trinajstić information content (AvgIpc) is 2.55. The first kappa shape index (κ1) is 12.4. The van der Waals surface area contributed by atoms with Crippen LogP contribution in [-0.4, -0.2) is 37.2 Å². The minimum absolute atomic E-state index is 0.00441. The Labute approximate surface area is 102 Å². The molecule has 5 heteroatoms. The zero-order valence-electron chi connectivity index (χ0n) is 9.81. The fourth-order valence-corrected chi connectivity index (χ4v) is 4.20. The van der Waals surface area contributed by atoms with Crippen LogP contribution in [0.25, 0.3) is 0 Å². The van der Waals surface area contributed by atoms with Crippen LogP contribution in [0.5, 0.6) is 0 Å². The SMILES string of the molecule is Cc1cccc(NC2(CO)CCS(=O)(=O)C2)c1. The molecule has 1 heterocycles. The lowest BCUT2D eigenvalue weighted by molar-refractivity contribution is 0.226. The third-order valence-corrected chi connectivity index (χ3v) is 4.94. The molecule has 0 bridgehead atoms. The minimum Gasteiger partial charge on any atom is -0.394 e. The van der Waals surface area contributed by atoms with Crippen molar-refractivity contribution in [3.63, 3.8) is 0 Å². The molecule has 1 saturated heterocycles. The number of aliphatic hydroxyl groups excluding tert-OH is 1. The quantitative estimate of drug-likeness (QED) is 0.844. The van der Waals surface area contributed by atoms with Crippen molar-refractivity contribution in [2.75, 3.05) is 23.4 Å². The minimum atomic E-state index is -3.02. The van der Waals surface area contributed by atoms with Crippen LogP contribution >= 0.6 is 0 Å². The summed E-state index contributed by atoms with van der Waals surface area (Å²) in [6, 6.07) is 7.71. The summed E-state index contributed by atoms with van der Waals surface area (Å²) >= 11 is 0. The highest BCUT2D eigenvalue weighted by molar-refractivity contribution is 7.91. The van der Waals surface area contributed by atoms with E-state index in [1.165, 1.54) is 0 Å². The summed E-state index contributed by atoms with van der Waals surface area (Å²) < 4.78 is 23.0. The summed E-state index contributed by atoms with van der Waals surface area (Å²) in [7, 11) is -3.02. The molecule has 94 valence electrons. The Morgan fingerprint density at radius 3 is 2.76 bits per heavy atom. The Morgan fingerprint density at radius 2 is 2.24 bits per heavy atom. The van der Waals surface area contributed by atoms with Crippen molar-refractivity contribution in [1.82, 2.24) is 0 Å². The van der Waals surface area contributed by atoms with Crippen molar-refractivity contribution in [1.29, 1.82) is 0 Å². The van der Waals surface area contributed by atoms with Crippen molar-refractivity contribution in [2.45, 2.75) is 18.9 Å². The van der Waals surface area contributed by atoms with E-state index in [-0.39, 0.29) is 18.1 Å². The molecule has 1 atom stereocenters. The summed E-state index contributed by atoms with van der Waals surface area (Å²) in [5.74, 6) is 0.150. The lowest BCUT2D eigenvalue weighted by Gasteiger charge is -2.28. The van der Waals surface area contributed by atoms with Crippen LogP contribution in [0.2, 0.25) is 0 Å². The molecule has 0 radical (unpaired) electrons. The zero-order valence-corrected chi connectivity index (χ0v) is 10.6. The maximum Gasteiger partial charge on any atom is 0.152 e. The average molecular weight is 255 g/mol. The van der Waals surface area contributed by atoms with Gasteiger partial charge in [-0.2, -0.15) is 0 Å². The van der Waals surface area contributed by atoms with Gasteiger partial charge in [0.25, 0.3) is 0 Å². The maximum absolute atomic E-state index is 11.5. The Morgan fingerprint density at radius 1 is 1.47 bits per heavy atom. The van der Waals surface area contributed by atoms with Gasteiger partial charge in [0.15, 0.2) is 9.84 Å². The van der Waals surface area contributed by atoms with Crippen LogP contribution < -0.4 is 5.32 Å². The van der Waals surface area contributed by atoms with E-state index in [4.69, 9.17) is 0 Å². The third-order valence-electron chi connectivity index (χ3n) is 3.12. The fraction of sp³-hybridized carbons (Fsp3) is 0.500. The molecule has 1 aromatic rings. The number of aliphatic hydroxyl groups is 1. The van der Waals surface area contributed by atoms with Gasteiger partial charge in [0.1, 0.15) is 0 Å². The predicted molar refractivity (Wildman–Crippen MR) is 67.9 cm³/mol. The van der Waals surface area contributed by atoms with Gasteiger partial charge in [-0.25, -0.2) is 8.42 Å². The van der Waals surface area contributed by atoms with Gasteiger partial charge in [0.05, 0.1) is 23.7 Å². The van der Waals surface area contributed by atoms with Crippen LogP contribution in [0.15, 0.2) is 24.3 Å². The third kappa shape index (κ3) is 2.79. The Bertz CT molecular complexity index is 512. The highest BCUT2D eigenvalue weighted by atomic mass is 32.2. The van der Waals surface area contributed by atoms with Crippen molar-refractivity contribution in [3.05, 3.63) is 29.8 Å². The van der Waals surface area contributed by atoms with Crippen LogP contribution in [-0.2, 0) is 9.84 Å². The molecule has 1 aliphatic heterocycles. The summed E-state index contributed by atoms with van der Waals surface area (Å²) in [5.41, 5.74) is 1.24. The number of sulfone groups is 1. The Balaban J connectivity index is 2.22. The lowest BCUT2D eigenvalue weighted by Crippen LogP contribution is -2.43. The first-order valence-electron chi connectivity index (χ1n) is 5.61. The smallest absolute Gasteiger partial charge is 0.152 e. The van der Waals surface area contributed by atoms with Gasteiger partial charge >= 0.3 is 0 Å². The molecule has 1 aliphatic rings. The van der Waals surface area contributed by atoms with E-state index in [9.17, 15) is 13.5 Å². The number of benzene rings is 1. The molecular weight excluding hydrogens is 238 g/mol. The van der Waals surface area contributed by atoms with E-state index >= 15 is 0 Å². The molecule has 2 N–H and O–H groups in total. The van der Waals surface area contributed by atoms with Crippen LogP contribution in [0.3, 0.4) is 0 Å². The molecule has 17 heavy (non-hydrogen) atoms. The topological polar surface area (TPSA) is 66.4 Å². The highest BCUT2D eigenvalue weighted by Gasteiger charge is 2.41. The van der Waals surface area contributed by atoms with Gasteiger partial charge in [0.2, 0.25) is 0 Å². The van der Waals surface area contributed by atoms with Crippen LogP contribution in [0.4, 0.5) is 5.69 Å². The molecule has 0 amide bonds. The molecule has 1 unspecified atom stereocenters. The van der Waals surface area contributed by atoms with E-state index < -0.39 is 15.4 Å². The second-order valence-electron chi connectivity index (χ2n) is 4.77. The van der Waals surface area contributed by atoms with Crippen molar-refractivity contribution >= 4 is 15.5 Å². The number of hydrogen-bond acceptors (Lipinski definition) is 4. The lowest BCUT2D eigenvalue weighted by atomic mass is 9.99. The number of hydrogen-bond donors (Lipinski definition) is 2. The molecule has 0 aromatic heterocycles. The van der Waals surface area contributed by atoms with Gasteiger partial charge < -0.3 is 10.4 Å². The summed E-state index contributed by atoms with van der Waals surface area (Å²) in [5, 5.41) is 12.6. The van der Waals surface area contributed by atoms with E-state index in [1.807, 2.05) is 31.2 Å². The van der Waals surface area contributed by atoms with Gasteiger partial charge in [-0.3, -0.25) is 0 Å². The van der Waals surface area contributed by atoms with Crippen molar-refractivity contribution in [3.8, 4) is 0 Å². The molecule has 0 aliphatic carbocycles. The Kier molecular flexibility index (Phi) is 3.14. The van der Waals surface area contributed by atoms with E-state index in [0.29, 0.717) is 6.42 Å². The summed E-state index contributed by atoms with van der Waals surface area (Å²) in [4.78, 5) is 0. The van der Waals surface area contributed by atoms with E-state index in [2.05, 4.69) is 5.32 Å². The fourth-order valence-electron chi connectivity index (χ4n) is 2.21. The monoisotopic (exact) mass is 255 g/mol. The van der Waals surface area contributed by atoms with E-state index in [0.717, 1.165) is 11.3 Å². The highest BCUT2D eigenvalue weighted by Crippen LogP contribution is 2.27. The number of anilines is 1. The summed E-state index contributed by atoms with van der Waals surface area (Å²) in [6.45, 7) is 1.81. The van der Waals surface area contributed by atoms with Crippen molar-refractivity contribution < 1.29 is 13.5 Å². The Hall–Kier alpha value is -1.07. The molecule has 0 saturated carbocycles. The first-order chi connectivity index (χ1) is 7.95. The largest absolute Gasteiger partial charge is 0.394 e. The standard InChI is InChI=1S/C12H17NO3S/c1-10-3-2-4-11(7-10)13-12(8-14)5-6-17(15,16)9-12/h2-4,7,13-14H,5-6,8-9H2,1H3. The molecule has 0 spiro atoms. The zero-order chi connectivity index (χ0) is 12.5. The number of nitrogens with one attached hydrogen (secondary N) is 1. The molecule has 1 aromatic carbocycles. The van der Waals surface area contributed by atoms with Crippen LogP contribution in [0, 0.1) is 6.92 Å². The maximum atomic E-state index is 11.5. The number of aryl methyl sites for hydroxylation is 1. The second kappa shape index (κ2) is 4.31. The van der Waals surface area contributed by atoms with Gasteiger partial charge in [-0.05, 0) is 31.0 Å². The van der Waals surface area contributed by atoms with Crippen molar-refractivity contribution in [2.24, 2.45) is 0 Å². The first-order valence-corrected chi connectivity index (χ1v) is 7.43. The number of rotatable bonds is 3. The predicted octanol–water partition coefficient (Wildman–Crippen LogP) is 0.957. The van der Waals surface area contributed by atoms with Gasteiger partial charge in [-0.1, -0.05) is 12.1 Å². The second-order valence-corrected chi connectivity index (χ2v) is 6.96. The molecule has 4 nitrogen and oxygen atoms in total. The molecule has 2 rings (SSSR count). The summed E-state index contributed by atoms with van der Waals surface area (Å²) in [6.07, 6.45) is 0.458. The van der Waals surface area contributed by atoms with Crippen LogP contribution in [0.1, 0.15) is 12.0 Å². The molecule has 1 fully saturated rings.